The molecule has 0 aliphatic rings. The van der Waals surface area contributed by atoms with Gasteiger partial charge in [0.15, 0.2) is 0 Å². The number of hydrogen-bond acceptors (Lipinski definition) is 9. The number of carbonyl (C=O) groups is 1. The second-order valence-electron chi connectivity index (χ2n) is 3.82. The van der Waals surface area contributed by atoms with E-state index < -0.39 is 10.8 Å². The van der Waals surface area contributed by atoms with Gasteiger partial charge in [-0.25, -0.2) is 10.1 Å². The third kappa shape index (κ3) is 3.17. The first-order valence-corrected chi connectivity index (χ1v) is 6.27. The van der Waals surface area contributed by atoms with Crippen molar-refractivity contribution in [2.75, 3.05) is 5.73 Å². The minimum absolute atomic E-state index is 0.0209. The van der Waals surface area contributed by atoms with E-state index in [1.54, 1.807) is 0 Å². The summed E-state index contributed by atoms with van der Waals surface area (Å²) in [7, 11) is 0. The topological polar surface area (TPSA) is 170 Å². The van der Waals surface area contributed by atoms with Crippen LogP contribution in [0.15, 0.2) is 26.3 Å². The lowest BCUT2D eigenvalue weighted by Crippen LogP contribution is -2.19. The second-order valence-corrected chi connectivity index (χ2v) is 4.67. The Morgan fingerprint density at radius 2 is 2.27 bits per heavy atom. The lowest BCUT2D eigenvalue weighted by molar-refractivity contribution is -0.385. The highest BCUT2D eigenvalue weighted by Gasteiger charge is 2.16. The smallest absolute Gasteiger partial charge is 0.297 e. The number of phenols is 1. The second kappa shape index (κ2) is 6.17. The van der Waals surface area contributed by atoms with Gasteiger partial charge in [-0.1, -0.05) is 0 Å². The number of carbonyl (C=O) groups excluding carboxylic acids is 1. The number of hydrogen-bond donors (Lipinski definition) is 3. The lowest BCUT2D eigenvalue weighted by atomic mass is 10.2. The SMILES string of the molecule is Nc1nonc1C(=O)N/N=C\c1cc([N+](=O)[O-])cc(Br)c1O. The van der Waals surface area contributed by atoms with Crippen molar-refractivity contribution >= 4 is 39.6 Å². The van der Waals surface area contributed by atoms with Gasteiger partial charge < -0.3 is 10.8 Å². The first-order valence-electron chi connectivity index (χ1n) is 5.48. The number of nitro benzene ring substituents is 1. The maximum atomic E-state index is 11.6. The molecule has 0 fully saturated rings. The van der Waals surface area contributed by atoms with Gasteiger partial charge in [-0.2, -0.15) is 5.10 Å². The summed E-state index contributed by atoms with van der Waals surface area (Å²) < 4.78 is 4.36. The van der Waals surface area contributed by atoms with E-state index >= 15 is 0 Å². The van der Waals surface area contributed by atoms with E-state index in [0.717, 1.165) is 18.3 Å². The summed E-state index contributed by atoms with van der Waals surface area (Å²) in [6, 6.07) is 2.22. The fourth-order valence-electron chi connectivity index (χ4n) is 1.38. The minimum Gasteiger partial charge on any atom is -0.506 e. The molecule has 2 aromatic rings. The van der Waals surface area contributed by atoms with Gasteiger partial charge in [-0.05, 0) is 26.2 Å². The van der Waals surface area contributed by atoms with Crippen molar-refractivity contribution in [2.24, 2.45) is 5.10 Å². The number of nitrogens with one attached hydrogen (secondary N) is 1. The average Bonchev–Trinajstić information content (AvgIpc) is 2.89. The number of rotatable bonds is 4. The van der Waals surface area contributed by atoms with E-state index in [4.69, 9.17) is 5.73 Å². The number of aromatic nitrogens is 2. The minimum atomic E-state index is -0.793. The molecule has 0 radical (unpaired) electrons. The molecule has 11 nitrogen and oxygen atoms in total. The van der Waals surface area contributed by atoms with Crippen LogP contribution in [0.1, 0.15) is 16.1 Å². The highest BCUT2D eigenvalue weighted by atomic mass is 79.9. The number of nitrogens with two attached hydrogens (primary N) is 1. The number of halogens is 1. The summed E-state index contributed by atoms with van der Waals surface area (Å²) in [5.74, 6) is -1.28. The Morgan fingerprint density at radius 1 is 1.55 bits per heavy atom. The van der Waals surface area contributed by atoms with Gasteiger partial charge in [-0.3, -0.25) is 14.9 Å². The summed E-state index contributed by atoms with van der Waals surface area (Å²) in [6.45, 7) is 0. The highest BCUT2D eigenvalue weighted by molar-refractivity contribution is 9.10. The molecular weight excluding hydrogens is 364 g/mol. The largest absolute Gasteiger partial charge is 0.506 e. The predicted octanol–water partition coefficient (Wildman–Crippen LogP) is 0.792. The number of amides is 1. The quantitative estimate of drug-likeness (QED) is 0.402. The van der Waals surface area contributed by atoms with Crippen LogP contribution in [-0.2, 0) is 0 Å². The van der Waals surface area contributed by atoms with Gasteiger partial charge in [0.05, 0.1) is 15.6 Å². The Hall–Kier alpha value is -3.02. The standard InChI is InChI=1S/C10H7BrN6O5/c11-6-2-5(17(20)21)1-4(8(6)18)3-13-14-10(19)7-9(12)16-22-15-7/h1-3,18H,(H2,12,16)(H,14,19)/b13-3-. The van der Waals surface area contributed by atoms with Crippen LogP contribution < -0.4 is 11.2 Å². The number of phenolic OH excluding ortho intramolecular Hbond substituents is 1. The molecule has 0 atom stereocenters. The van der Waals surface area contributed by atoms with Gasteiger partial charge >= 0.3 is 0 Å². The van der Waals surface area contributed by atoms with Crippen LogP contribution in [0.2, 0.25) is 0 Å². The summed E-state index contributed by atoms with van der Waals surface area (Å²) >= 11 is 2.98. The van der Waals surface area contributed by atoms with Gasteiger partial charge in [0.1, 0.15) is 5.75 Å². The Labute approximate surface area is 130 Å². The van der Waals surface area contributed by atoms with Crippen molar-refractivity contribution in [3.8, 4) is 5.75 Å². The van der Waals surface area contributed by atoms with Crippen molar-refractivity contribution in [3.63, 3.8) is 0 Å². The van der Waals surface area contributed by atoms with Gasteiger partial charge in [0.2, 0.25) is 11.5 Å². The monoisotopic (exact) mass is 370 g/mol. The number of non-ortho nitro benzene ring substituents is 1. The molecule has 1 aromatic carbocycles. The molecule has 1 amide bonds. The molecule has 0 aliphatic carbocycles. The van der Waals surface area contributed by atoms with Crippen molar-refractivity contribution < 1.29 is 19.5 Å². The van der Waals surface area contributed by atoms with Crippen molar-refractivity contribution in [3.05, 3.63) is 38.0 Å². The Kier molecular flexibility index (Phi) is 4.31. The van der Waals surface area contributed by atoms with E-state index in [2.05, 4.69) is 41.4 Å². The number of nitro groups is 1. The molecule has 1 aromatic heterocycles. The van der Waals surface area contributed by atoms with E-state index in [-0.39, 0.29) is 33.0 Å². The Morgan fingerprint density at radius 3 is 2.86 bits per heavy atom. The van der Waals surface area contributed by atoms with Gasteiger partial charge in [-0.15, -0.1) is 0 Å². The number of benzene rings is 1. The van der Waals surface area contributed by atoms with E-state index in [9.17, 15) is 20.0 Å². The molecule has 4 N–H and O–H groups in total. The number of nitrogens with zero attached hydrogens (tertiary/aromatic N) is 4. The summed E-state index contributed by atoms with van der Waals surface area (Å²) in [5.41, 5.74) is 6.88. The van der Waals surface area contributed by atoms with Crippen LogP contribution >= 0.6 is 15.9 Å². The average molecular weight is 371 g/mol. The molecule has 0 spiro atoms. The Balaban J connectivity index is 2.18. The third-order valence-corrected chi connectivity index (χ3v) is 2.99. The van der Waals surface area contributed by atoms with Crippen molar-refractivity contribution in [1.29, 1.82) is 0 Å². The van der Waals surface area contributed by atoms with E-state index in [0.29, 0.717) is 0 Å². The van der Waals surface area contributed by atoms with Crippen LogP contribution in [-0.4, -0.2) is 32.5 Å². The third-order valence-electron chi connectivity index (χ3n) is 2.39. The fraction of sp³-hybridized carbons (Fsp3) is 0. The predicted molar refractivity (Wildman–Crippen MR) is 76.2 cm³/mol. The molecule has 22 heavy (non-hydrogen) atoms. The van der Waals surface area contributed by atoms with Gasteiger partial charge in [0, 0.05) is 17.7 Å². The van der Waals surface area contributed by atoms with Crippen molar-refractivity contribution in [2.45, 2.75) is 0 Å². The van der Waals surface area contributed by atoms with Crippen LogP contribution in [0.4, 0.5) is 11.5 Å². The normalized spacial score (nSPS) is 10.8. The zero-order valence-electron chi connectivity index (χ0n) is 10.6. The molecular formula is C10H7BrN6O5. The van der Waals surface area contributed by atoms with Gasteiger partial charge in [0.25, 0.3) is 11.6 Å². The van der Waals surface area contributed by atoms with Crippen LogP contribution in [0.25, 0.3) is 0 Å². The number of anilines is 1. The molecule has 1 heterocycles. The zero-order chi connectivity index (χ0) is 16.3. The maximum Gasteiger partial charge on any atom is 0.297 e. The fourth-order valence-corrected chi connectivity index (χ4v) is 1.84. The van der Waals surface area contributed by atoms with E-state index in [1.807, 2.05) is 0 Å². The lowest BCUT2D eigenvalue weighted by Gasteiger charge is -2.02. The maximum absolute atomic E-state index is 11.6. The van der Waals surface area contributed by atoms with Crippen LogP contribution in [0.3, 0.4) is 0 Å². The summed E-state index contributed by atoms with van der Waals surface area (Å²) in [5, 5.41) is 30.5. The first kappa shape index (κ1) is 15.4. The molecule has 0 unspecified atom stereocenters. The molecule has 2 rings (SSSR count). The number of aromatic hydroxyl groups is 1. The van der Waals surface area contributed by atoms with Crippen LogP contribution in [0.5, 0.6) is 5.75 Å². The first-order chi connectivity index (χ1) is 10.4. The molecule has 0 saturated carbocycles. The zero-order valence-corrected chi connectivity index (χ0v) is 12.1. The summed E-state index contributed by atoms with van der Waals surface area (Å²) in [6.07, 6.45) is 1.02. The molecule has 0 bridgehead atoms. The molecule has 114 valence electrons. The van der Waals surface area contributed by atoms with Crippen LogP contribution in [0, 0.1) is 10.1 Å². The van der Waals surface area contributed by atoms with Crippen molar-refractivity contribution in [1.82, 2.24) is 15.7 Å². The number of hydrazone groups is 1. The molecule has 0 aliphatic heterocycles. The highest BCUT2D eigenvalue weighted by Crippen LogP contribution is 2.31. The van der Waals surface area contributed by atoms with E-state index in [1.165, 1.54) is 0 Å². The Bertz CT molecular complexity index is 773. The molecule has 0 saturated heterocycles. The number of nitrogen functional groups attached to an aromatic ring is 1. The molecule has 12 heteroatoms. The summed E-state index contributed by atoms with van der Waals surface area (Å²) in [4.78, 5) is 21.7.